The molecular weight excluding hydrogens is 317 g/mol. The zero-order valence-electron chi connectivity index (χ0n) is 13.0. The predicted molar refractivity (Wildman–Crippen MR) is 92.8 cm³/mol. The van der Waals surface area contributed by atoms with Crippen LogP contribution in [0.15, 0.2) is 67.0 Å². The SMILES string of the molecule is N#Cc1ccn2c(Nc3ccc(F)cc3)c(-c3ccccn3)nc2c1. The van der Waals surface area contributed by atoms with Gasteiger partial charge in [0.1, 0.15) is 23.0 Å². The molecule has 1 N–H and O–H groups in total. The van der Waals surface area contributed by atoms with Gasteiger partial charge in [-0.05, 0) is 48.5 Å². The molecule has 0 amide bonds. The van der Waals surface area contributed by atoms with Crippen LogP contribution in [0.25, 0.3) is 17.0 Å². The molecule has 4 rings (SSSR count). The van der Waals surface area contributed by atoms with Crippen LogP contribution in [0.5, 0.6) is 0 Å². The van der Waals surface area contributed by atoms with Crippen molar-refractivity contribution in [3.63, 3.8) is 0 Å². The van der Waals surface area contributed by atoms with Crippen molar-refractivity contribution >= 4 is 17.2 Å². The van der Waals surface area contributed by atoms with Gasteiger partial charge in [0, 0.05) is 18.1 Å². The highest BCUT2D eigenvalue weighted by atomic mass is 19.1. The fourth-order valence-electron chi connectivity index (χ4n) is 2.59. The number of nitrogens with zero attached hydrogens (tertiary/aromatic N) is 4. The average molecular weight is 329 g/mol. The van der Waals surface area contributed by atoms with Crippen LogP contribution in [0.1, 0.15) is 5.56 Å². The monoisotopic (exact) mass is 329 g/mol. The van der Waals surface area contributed by atoms with E-state index in [4.69, 9.17) is 5.26 Å². The lowest BCUT2D eigenvalue weighted by Crippen LogP contribution is -1.97. The van der Waals surface area contributed by atoms with Crippen molar-refractivity contribution in [1.29, 1.82) is 5.26 Å². The molecule has 120 valence electrons. The van der Waals surface area contributed by atoms with Crippen molar-refractivity contribution in [2.75, 3.05) is 5.32 Å². The largest absolute Gasteiger partial charge is 0.339 e. The first-order chi connectivity index (χ1) is 12.2. The summed E-state index contributed by atoms with van der Waals surface area (Å²) in [6.45, 7) is 0. The molecule has 0 aliphatic heterocycles. The summed E-state index contributed by atoms with van der Waals surface area (Å²) in [5, 5.41) is 12.4. The Morgan fingerprint density at radius 1 is 1.08 bits per heavy atom. The Bertz CT molecular complexity index is 1080. The first kappa shape index (κ1) is 14.8. The number of nitriles is 1. The van der Waals surface area contributed by atoms with Crippen molar-refractivity contribution in [1.82, 2.24) is 14.4 Å². The highest BCUT2D eigenvalue weighted by Gasteiger charge is 2.15. The molecule has 1 aromatic carbocycles. The maximum absolute atomic E-state index is 13.2. The molecule has 25 heavy (non-hydrogen) atoms. The number of fused-ring (bicyclic) bond motifs is 1. The fourth-order valence-corrected chi connectivity index (χ4v) is 2.59. The third-order valence-electron chi connectivity index (χ3n) is 3.77. The molecule has 0 saturated carbocycles. The van der Waals surface area contributed by atoms with E-state index in [0.29, 0.717) is 28.4 Å². The molecule has 0 radical (unpaired) electrons. The number of aromatic nitrogens is 3. The van der Waals surface area contributed by atoms with Crippen molar-refractivity contribution < 1.29 is 4.39 Å². The summed E-state index contributed by atoms with van der Waals surface area (Å²) < 4.78 is 15.0. The molecular formula is C19H12FN5. The number of hydrogen-bond donors (Lipinski definition) is 1. The normalized spacial score (nSPS) is 10.6. The van der Waals surface area contributed by atoms with Gasteiger partial charge in [0.15, 0.2) is 0 Å². The van der Waals surface area contributed by atoms with Gasteiger partial charge in [-0.1, -0.05) is 6.07 Å². The minimum absolute atomic E-state index is 0.299. The molecule has 0 bridgehead atoms. The number of anilines is 2. The first-order valence-corrected chi connectivity index (χ1v) is 7.61. The summed E-state index contributed by atoms with van der Waals surface area (Å²) in [4.78, 5) is 8.98. The predicted octanol–water partition coefficient (Wildman–Crippen LogP) is 4.15. The molecule has 0 spiro atoms. The van der Waals surface area contributed by atoms with E-state index in [1.807, 2.05) is 22.6 Å². The Hall–Kier alpha value is -3.72. The Balaban J connectivity index is 1.90. The van der Waals surface area contributed by atoms with E-state index in [0.717, 1.165) is 5.69 Å². The lowest BCUT2D eigenvalue weighted by Gasteiger charge is -2.08. The Morgan fingerprint density at radius 2 is 1.92 bits per heavy atom. The smallest absolute Gasteiger partial charge is 0.144 e. The second-order valence-electron chi connectivity index (χ2n) is 5.41. The molecule has 6 heteroatoms. The molecule has 3 aromatic heterocycles. The van der Waals surface area contributed by atoms with Crippen LogP contribution in [0.4, 0.5) is 15.9 Å². The highest BCUT2D eigenvalue weighted by molar-refractivity contribution is 5.78. The van der Waals surface area contributed by atoms with Gasteiger partial charge in [0.25, 0.3) is 0 Å². The second-order valence-corrected chi connectivity index (χ2v) is 5.41. The van der Waals surface area contributed by atoms with Gasteiger partial charge in [-0.2, -0.15) is 5.26 Å². The van der Waals surface area contributed by atoms with E-state index in [2.05, 4.69) is 21.4 Å². The molecule has 5 nitrogen and oxygen atoms in total. The van der Waals surface area contributed by atoms with E-state index in [1.165, 1.54) is 12.1 Å². The number of hydrogen-bond acceptors (Lipinski definition) is 4. The molecule has 0 fully saturated rings. The average Bonchev–Trinajstić information content (AvgIpc) is 3.02. The molecule has 0 atom stereocenters. The van der Waals surface area contributed by atoms with Gasteiger partial charge in [-0.3, -0.25) is 9.38 Å². The minimum Gasteiger partial charge on any atom is -0.339 e. The fraction of sp³-hybridized carbons (Fsp3) is 0. The quantitative estimate of drug-likeness (QED) is 0.613. The molecule has 0 saturated heterocycles. The summed E-state index contributed by atoms with van der Waals surface area (Å²) in [6.07, 6.45) is 3.47. The Morgan fingerprint density at radius 3 is 2.64 bits per heavy atom. The molecule has 4 aromatic rings. The molecule has 0 unspecified atom stereocenters. The summed E-state index contributed by atoms with van der Waals surface area (Å²) in [6, 6.07) is 17.2. The second kappa shape index (κ2) is 6.06. The minimum atomic E-state index is -0.299. The van der Waals surface area contributed by atoms with Crippen LogP contribution in [-0.4, -0.2) is 14.4 Å². The van der Waals surface area contributed by atoms with Crippen LogP contribution in [-0.2, 0) is 0 Å². The van der Waals surface area contributed by atoms with Crippen molar-refractivity contribution in [2.24, 2.45) is 0 Å². The number of pyridine rings is 2. The van der Waals surface area contributed by atoms with Crippen LogP contribution in [0, 0.1) is 17.1 Å². The zero-order chi connectivity index (χ0) is 17.2. The first-order valence-electron chi connectivity index (χ1n) is 7.61. The number of nitrogens with one attached hydrogen (secondary N) is 1. The van der Waals surface area contributed by atoms with Gasteiger partial charge in [-0.25, -0.2) is 9.37 Å². The van der Waals surface area contributed by atoms with Crippen LogP contribution < -0.4 is 5.32 Å². The van der Waals surface area contributed by atoms with Crippen LogP contribution in [0.3, 0.4) is 0 Å². The third-order valence-corrected chi connectivity index (χ3v) is 3.77. The third kappa shape index (κ3) is 2.79. The standard InChI is InChI=1S/C19H12FN5/c20-14-4-6-15(7-5-14)23-19-18(16-3-1-2-9-22-16)24-17-11-13(12-21)8-10-25(17)19/h1-11,23H. The van der Waals surface area contributed by atoms with Crippen molar-refractivity contribution in [3.8, 4) is 17.5 Å². The Labute approximate surface area is 143 Å². The van der Waals surface area contributed by atoms with Gasteiger partial charge < -0.3 is 5.32 Å². The van der Waals surface area contributed by atoms with Gasteiger partial charge in [0.05, 0.1) is 17.3 Å². The number of imidazole rings is 1. The van der Waals surface area contributed by atoms with E-state index >= 15 is 0 Å². The van der Waals surface area contributed by atoms with Gasteiger partial charge in [-0.15, -0.1) is 0 Å². The number of halogens is 1. The Kier molecular flexibility index (Phi) is 3.60. The zero-order valence-corrected chi connectivity index (χ0v) is 13.0. The summed E-state index contributed by atoms with van der Waals surface area (Å²) in [5.74, 6) is 0.400. The van der Waals surface area contributed by atoms with Gasteiger partial charge >= 0.3 is 0 Å². The maximum Gasteiger partial charge on any atom is 0.144 e. The van der Waals surface area contributed by atoms with E-state index in [1.54, 1.807) is 36.7 Å². The highest BCUT2D eigenvalue weighted by Crippen LogP contribution is 2.30. The van der Waals surface area contributed by atoms with Crippen molar-refractivity contribution in [2.45, 2.75) is 0 Å². The topological polar surface area (TPSA) is 66.0 Å². The molecule has 0 aliphatic rings. The number of benzene rings is 1. The van der Waals surface area contributed by atoms with E-state index < -0.39 is 0 Å². The summed E-state index contributed by atoms with van der Waals surface area (Å²) in [5.41, 5.74) is 3.24. The summed E-state index contributed by atoms with van der Waals surface area (Å²) in [7, 11) is 0. The summed E-state index contributed by atoms with van der Waals surface area (Å²) >= 11 is 0. The van der Waals surface area contributed by atoms with Crippen LogP contribution in [0.2, 0.25) is 0 Å². The lowest BCUT2D eigenvalue weighted by molar-refractivity contribution is 0.628. The number of rotatable bonds is 3. The van der Waals surface area contributed by atoms with E-state index in [-0.39, 0.29) is 5.82 Å². The van der Waals surface area contributed by atoms with Crippen LogP contribution >= 0.6 is 0 Å². The van der Waals surface area contributed by atoms with E-state index in [9.17, 15) is 4.39 Å². The maximum atomic E-state index is 13.2. The molecule has 0 aliphatic carbocycles. The molecule has 3 heterocycles. The lowest BCUT2D eigenvalue weighted by atomic mass is 10.2. The van der Waals surface area contributed by atoms with Gasteiger partial charge in [0.2, 0.25) is 0 Å². The van der Waals surface area contributed by atoms with Crippen molar-refractivity contribution in [3.05, 3.63) is 78.4 Å².